The fourth-order valence-electron chi connectivity index (χ4n) is 2.96. The molecular weight excluding hydrogens is 376 g/mol. The van der Waals surface area contributed by atoms with Crippen LogP contribution in [0.25, 0.3) is 0 Å². The van der Waals surface area contributed by atoms with E-state index in [1.807, 2.05) is 19.1 Å². The largest absolute Gasteiger partial charge is 0.337 e. The van der Waals surface area contributed by atoms with Gasteiger partial charge in [0.15, 0.2) is 5.82 Å². The van der Waals surface area contributed by atoms with Crippen LogP contribution in [-0.2, 0) is 16.6 Å². The monoisotopic (exact) mass is 398 g/mol. The molecule has 1 aliphatic rings. The third-order valence-electron chi connectivity index (χ3n) is 4.44. The molecule has 26 heavy (non-hydrogen) atoms. The van der Waals surface area contributed by atoms with Gasteiger partial charge < -0.3 is 9.42 Å². The molecule has 1 amide bonds. The number of aromatic nitrogens is 2. The van der Waals surface area contributed by atoms with Crippen molar-refractivity contribution in [3.63, 3.8) is 0 Å². The highest BCUT2D eigenvalue weighted by Crippen LogP contribution is 2.27. The molecule has 0 bridgehead atoms. The van der Waals surface area contributed by atoms with E-state index in [1.165, 1.54) is 21.9 Å². The minimum Gasteiger partial charge on any atom is -0.337 e. The van der Waals surface area contributed by atoms with Crippen LogP contribution in [0.15, 0.2) is 16.7 Å². The second-order valence-electron chi connectivity index (χ2n) is 6.55. The Morgan fingerprint density at radius 1 is 1.38 bits per heavy atom. The first-order valence-corrected chi connectivity index (χ1v) is 11.0. The SMILES string of the molecule is Cc1ccc(C(=O)N(C)Cc2nc(C3CCN(S(C)(=O)=O)CC3)no2)s1. The van der Waals surface area contributed by atoms with Gasteiger partial charge in [-0.05, 0) is 31.9 Å². The quantitative estimate of drug-likeness (QED) is 0.763. The lowest BCUT2D eigenvalue weighted by Crippen LogP contribution is -2.37. The van der Waals surface area contributed by atoms with Crippen molar-refractivity contribution in [3.05, 3.63) is 33.6 Å². The highest BCUT2D eigenvalue weighted by Gasteiger charge is 2.28. The van der Waals surface area contributed by atoms with E-state index >= 15 is 0 Å². The van der Waals surface area contributed by atoms with Crippen LogP contribution in [0.4, 0.5) is 0 Å². The van der Waals surface area contributed by atoms with Gasteiger partial charge in [0.1, 0.15) is 6.54 Å². The van der Waals surface area contributed by atoms with Gasteiger partial charge in [0.25, 0.3) is 5.91 Å². The number of hydrogen-bond donors (Lipinski definition) is 0. The Morgan fingerprint density at radius 3 is 2.65 bits per heavy atom. The maximum atomic E-state index is 12.4. The Kier molecular flexibility index (Phi) is 5.44. The first-order valence-electron chi connectivity index (χ1n) is 8.33. The third kappa shape index (κ3) is 4.30. The number of hydrogen-bond acceptors (Lipinski definition) is 7. The molecule has 1 fully saturated rings. The van der Waals surface area contributed by atoms with Crippen molar-refractivity contribution in [2.45, 2.75) is 32.2 Å². The summed E-state index contributed by atoms with van der Waals surface area (Å²) in [6, 6.07) is 3.73. The van der Waals surface area contributed by atoms with Crippen molar-refractivity contribution in [1.82, 2.24) is 19.3 Å². The molecule has 142 valence electrons. The van der Waals surface area contributed by atoms with Crippen LogP contribution >= 0.6 is 11.3 Å². The Labute approximate surface area is 156 Å². The van der Waals surface area contributed by atoms with E-state index in [1.54, 1.807) is 11.9 Å². The molecule has 10 heteroatoms. The Hall–Kier alpha value is -1.78. The number of nitrogens with zero attached hydrogens (tertiary/aromatic N) is 4. The summed E-state index contributed by atoms with van der Waals surface area (Å²) < 4.78 is 29.9. The standard InChI is InChI=1S/C16H22N4O4S2/c1-11-4-5-13(25-11)16(21)19(2)10-14-17-15(18-24-14)12-6-8-20(9-7-12)26(3,22)23/h4-5,12H,6-10H2,1-3H3. The minimum atomic E-state index is -3.15. The number of carbonyl (C=O) groups is 1. The number of amides is 1. The first-order chi connectivity index (χ1) is 12.2. The predicted molar refractivity (Wildman–Crippen MR) is 97.5 cm³/mol. The highest BCUT2D eigenvalue weighted by molar-refractivity contribution is 7.88. The summed E-state index contributed by atoms with van der Waals surface area (Å²) in [4.78, 5) is 20.1. The summed E-state index contributed by atoms with van der Waals surface area (Å²) in [6.07, 6.45) is 2.55. The van der Waals surface area contributed by atoms with Crippen molar-refractivity contribution in [3.8, 4) is 0 Å². The summed E-state index contributed by atoms with van der Waals surface area (Å²) in [7, 11) is -1.45. The Bertz CT molecular complexity index is 882. The van der Waals surface area contributed by atoms with Gasteiger partial charge in [-0.2, -0.15) is 4.98 Å². The van der Waals surface area contributed by atoms with E-state index in [4.69, 9.17) is 4.52 Å². The molecule has 0 radical (unpaired) electrons. The normalized spacial score (nSPS) is 16.7. The number of sulfonamides is 1. The van der Waals surface area contributed by atoms with Crippen LogP contribution in [0.3, 0.4) is 0 Å². The van der Waals surface area contributed by atoms with Crippen molar-refractivity contribution in [2.75, 3.05) is 26.4 Å². The van der Waals surface area contributed by atoms with Gasteiger partial charge in [-0.25, -0.2) is 12.7 Å². The van der Waals surface area contributed by atoms with Crippen LogP contribution in [0, 0.1) is 6.92 Å². The maximum absolute atomic E-state index is 12.4. The molecule has 0 spiro atoms. The summed E-state index contributed by atoms with van der Waals surface area (Å²) in [5.74, 6) is 0.964. The van der Waals surface area contributed by atoms with Gasteiger partial charge >= 0.3 is 0 Å². The van der Waals surface area contributed by atoms with E-state index in [9.17, 15) is 13.2 Å². The predicted octanol–water partition coefficient (Wildman–Crippen LogP) is 1.85. The van der Waals surface area contributed by atoms with E-state index in [-0.39, 0.29) is 18.4 Å². The number of piperidine rings is 1. The van der Waals surface area contributed by atoms with Crippen molar-refractivity contribution >= 4 is 27.3 Å². The molecule has 0 unspecified atom stereocenters. The average molecular weight is 399 g/mol. The van der Waals surface area contributed by atoms with Crippen molar-refractivity contribution in [1.29, 1.82) is 0 Å². The van der Waals surface area contributed by atoms with Gasteiger partial charge in [-0.1, -0.05) is 5.16 Å². The number of carbonyl (C=O) groups excluding carboxylic acids is 1. The Balaban J connectivity index is 1.59. The maximum Gasteiger partial charge on any atom is 0.264 e. The van der Waals surface area contributed by atoms with Crippen LogP contribution in [-0.4, -0.2) is 60.1 Å². The molecule has 0 N–H and O–H groups in total. The molecule has 0 atom stereocenters. The summed E-state index contributed by atoms with van der Waals surface area (Å²) in [6.45, 7) is 3.12. The number of thiophene rings is 1. The highest BCUT2D eigenvalue weighted by atomic mass is 32.2. The fourth-order valence-corrected chi connectivity index (χ4v) is 4.69. The van der Waals surface area contributed by atoms with Crippen LogP contribution in [0.2, 0.25) is 0 Å². The van der Waals surface area contributed by atoms with Gasteiger partial charge in [0.2, 0.25) is 15.9 Å². The molecule has 1 aliphatic heterocycles. The molecule has 8 nitrogen and oxygen atoms in total. The second kappa shape index (κ2) is 7.45. The average Bonchev–Trinajstić information content (AvgIpc) is 3.22. The first kappa shape index (κ1) is 19.0. The van der Waals surface area contributed by atoms with E-state index in [0.717, 1.165) is 4.88 Å². The van der Waals surface area contributed by atoms with E-state index < -0.39 is 10.0 Å². The molecule has 1 saturated heterocycles. The summed E-state index contributed by atoms with van der Waals surface area (Å²) >= 11 is 1.45. The second-order valence-corrected chi connectivity index (χ2v) is 9.82. The van der Waals surface area contributed by atoms with Crippen LogP contribution in [0.5, 0.6) is 0 Å². The van der Waals surface area contributed by atoms with Gasteiger partial charge in [0, 0.05) is 30.9 Å². The Morgan fingerprint density at radius 2 is 2.08 bits per heavy atom. The smallest absolute Gasteiger partial charge is 0.264 e. The topological polar surface area (TPSA) is 96.6 Å². The number of aryl methyl sites for hydroxylation is 1. The molecule has 0 aromatic carbocycles. The van der Waals surface area contributed by atoms with Gasteiger partial charge in [-0.15, -0.1) is 11.3 Å². The minimum absolute atomic E-state index is 0.0754. The van der Waals surface area contributed by atoms with E-state index in [0.29, 0.717) is 42.5 Å². The van der Waals surface area contributed by atoms with Crippen molar-refractivity contribution < 1.29 is 17.7 Å². The third-order valence-corrected chi connectivity index (χ3v) is 6.73. The van der Waals surface area contributed by atoms with Gasteiger partial charge in [-0.3, -0.25) is 4.79 Å². The van der Waals surface area contributed by atoms with E-state index in [2.05, 4.69) is 10.1 Å². The van der Waals surface area contributed by atoms with Gasteiger partial charge in [0.05, 0.1) is 11.1 Å². The lowest BCUT2D eigenvalue weighted by atomic mass is 9.98. The number of rotatable bonds is 5. The lowest BCUT2D eigenvalue weighted by Gasteiger charge is -2.28. The van der Waals surface area contributed by atoms with Crippen LogP contribution in [0.1, 0.15) is 45.0 Å². The zero-order valence-electron chi connectivity index (χ0n) is 15.0. The molecule has 2 aromatic rings. The summed E-state index contributed by atoms with van der Waals surface area (Å²) in [5.41, 5.74) is 0. The lowest BCUT2D eigenvalue weighted by molar-refractivity contribution is 0.0774. The zero-order chi connectivity index (χ0) is 18.9. The molecule has 0 aliphatic carbocycles. The molecular formula is C16H22N4O4S2. The zero-order valence-corrected chi connectivity index (χ0v) is 16.6. The van der Waals surface area contributed by atoms with Crippen molar-refractivity contribution in [2.24, 2.45) is 0 Å². The van der Waals surface area contributed by atoms with Crippen LogP contribution < -0.4 is 0 Å². The molecule has 3 rings (SSSR count). The molecule has 2 aromatic heterocycles. The summed E-state index contributed by atoms with van der Waals surface area (Å²) in [5, 5.41) is 4.03. The fraction of sp³-hybridized carbons (Fsp3) is 0.562. The molecule has 0 saturated carbocycles. The molecule has 3 heterocycles.